The van der Waals surface area contributed by atoms with E-state index < -0.39 is 12.8 Å². The zero-order chi connectivity index (χ0) is 7.11. The maximum absolute atomic E-state index is 10.3. The summed E-state index contributed by atoms with van der Waals surface area (Å²) in [5.74, 6) is 0. The molecule has 0 unspecified atom stereocenters. The highest BCUT2D eigenvalue weighted by atomic mass is 16.5. The fraction of sp³-hybridized carbons (Fsp3) is 0.400. The molecule has 0 aromatic rings. The minimum atomic E-state index is -0.641. The smallest absolute Gasteiger partial charge is 0.409 e. The van der Waals surface area contributed by atoms with Gasteiger partial charge in [-0.15, -0.1) is 0 Å². The fourth-order valence-corrected chi connectivity index (χ4v) is 0.250. The Hall–Kier alpha value is -1.03. The molecular weight excluding hydrogens is 122 g/mol. The summed E-state index contributed by atoms with van der Waals surface area (Å²) in [6.07, 6.45) is 0.800. The van der Waals surface area contributed by atoms with Gasteiger partial charge in [-0.25, -0.2) is 4.79 Å². The van der Waals surface area contributed by atoms with E-state index in [1.165, 1.54) is 6.08 Å². The Bertz CT molecular complexity index is 102. The molecule has 0 atom stereocenters. The number of rotatable bonds is 3. The standard InChI is InChI=1S/C5H9NO3/c1-2-3-9-5(8)6-4-7/h2,7H,1,3-4H2,(H,6,8). The van der Waals surface area contributed by atoms with E-state index in [0.717, 1.165) is 0 Å². The van der Waals surface area contributed by atoms with Gasteiger partial charge < -0.3 is 9.84 Å². The van der Waals surface area contributed by atoms with Crippen LogP contribution in [-0.4, -0.2) is 24.5 Å². The van der Waals surface area contributed by atoms with Crippen LogP contribution in [0.3, 0.4) is 0 Å². The van der Waals surface area contributed by atoms with Crippen molar-refractivity contribution in [2.24, 2.45) is 0 Å². The van der Waals surface area contributed by atoms with E-state index in [-0.39, 0.29) is 6.61 Å². The first-order valence-electron chi connectivity index (χ1n) is 2.43. The molecule has 0 radical (unpaired) electrons. The Balaban J connectivity index is 3.16. The number of aliphatic hydroxyl groups excluding tert-OH is 1. The number of hydrogen-bond donors (Lipinski definition) is 2. The Labute approximate surface area is 53.1 Å². The first-order valence-corrected chi connectivity index (χ1v) is 2.43. The van der Waals surface area contributed by atoms with E-state index in [0.29, 0.717) is 0 Å². The molecule has 0 bridgehead atoms. The predicted molar refractivity (Wildman–Crippen MR) is 31.8 cm³/mol. The van der Waals surface area contributed by atoms with E-state index in [2.05, 4.69) is 11.3 Å². The molecule has 0 fully saturated rings. The quantitative estimate of drug-likeness (QED) is 0.413. The van der Waals surface area contributed by atoms with Crippen LogP contribution in [0.2, 0.25) is 0 Å². The van der Waals surface area contributed by atoms with E-state index >= 15 is 0 Å². The van der Waals surface area contributed by atoms with Crippen LogP contribution in [-0.2, 0) is 4.74 Å². The fourth-order valence-electron chi connectivity index (χ4n) is 0.250. The summed E-state index contributed by atoms with van der Waals surface area (Å²) in [5.41, 5.74) is 0. The number of aliphatic hydroxyl groups is 1. The second-order valence-corrected chi connectivity index (χ2v) is 1.22. The number of alkyl carbamates (subject to hydrolysis) is 1. The Morgan fingerprint density at radius 1 is 1.89 bits per heavy atom. The van der Waals surface area contributed by atoms with Crippen molar-refractivity contribution in [3.8, 4) is 0 Å². The minimum Gasteiger partial charge on any atom is -0.445 e. The summed E-state index contributed by atoms with van der Waals surface area (Å²) < 4.78 is 4.40. The molecule has 0 rings (SSSR count). The molecule has 1 amide bonds. The Kier molecular flexibility index (Phi) is 4.53. The molecule has 4 heteroatoms. The number of amides is 1. The van der Waals surface area contributed by atoms with Crippen LogP contribution >= 0.6 is 0 Å². The molecule has 52 valence electrons. The molecule has 0 saturated heterocycles. The molecular formula is C5H9NO3. The average molecular weight is 131 g/mol. The van der Waals surface area contributed by atoms with Crippen molar-refractivity contribution in [1.82, 2.24) is 5.32 Å². The molecule has 4 nitrogen and oxygen atoms in total. The van der Waals surface area contributed by atoms with Crippen molar-refractivity contribution in [3.05, 3.63) is 12.7 Å². The van der Waals surface area contributed by atoms with Crippen LogP contribution in [0.4, 0.5) is 4.79 Å². The van der Waals surface area contributed by atoms with Crippen molar-refractivity contribution in [1.29, 1.82) is 0 Å². The van der Waals surface area contributed by atoms with Crippen LogP contribution in [0, 0.1) is 0 Å². The van der Waals surface area contributed by atoms with Gasteiger partial charge in [0.25, 0.3) is 0 Å². The molecule has 2 N–H and O–H groups in total. The largest absolute Gasteiger partial charge is 0.445 e. The van der Waals surface area contributed by atoms with E-state index in [1.807, 2.05) is 5.32 Å². The molecule has 0 spiro atoms. The molecule has 0 aliphatic carbocycles. The normalized spacial score (nSPS) is 8.11. The lowest BCUT2D eigenvalue weighted by molar-refractivity contribution is 0.144. The van der Waals surface area contributed by atoms with Gasteiger partial charge in [0.2, 0.25) is 0 Å². The highest BCUT2D eigenvalue weighted by Crippen LogP contribution is 1.75. The van der Waals surface area contributed by atoms with Gasteiger partial charge in [0.15, 0.2) is 0 Å². The van der Waals surface area contributed by atoms with Crippen LogP contribution in [0.25, 0.3) is 0 Å². The number of nitrogens with one attached hydrogen (secondary N) is 1. The van der Waals surface area contributed by atoms with Crippen molar-refractivity contribution >= 4 is 6.09 Å². The summed E-state index contributed by atoms with van der Waals surface area (Å²) in [7, 11) is 0. The number of ether oxygens (including phenoxy) is 1. The number of hydrogen-bond acceptors (Lipinski definition) is 3. The molecule has 0 aromatic carbocycles. The highest BCUT2D eigenvalue weighted by Gasteiger charge is 1.94. The number of carbonyl (C=O) groups excluding carboxylic acids is 1. The molecule has 0 heterocycles. The van der Waals surface area contributed by atoms with Gasteiger partial charge >= 0.3 is 6.09 Å². The van der Waals surface area contributed by atoms with Gasteiger partial charge in [0.05, 0.1) is 0 Å². The van der Waals surface area contributed by atoms with Gasteiger partial charge in [-0.2, -0.15) is 0 Å². The first kappa shape index (κ1) is 7.97. The summed E-state index contributed by atoms with van der Waals surface area (Å²) in [6, 6.07) is 0. The van der Waals surface area contributed by atoms with Crippen molar-refractivity contribution in [2.75, 3.05) is 13.3 Å². The SMILES string of the molecule is C=CCOC(=O)NCO. The van der Waals surface area contributed by atoms with Crippen molar-refractivity contribution < 1.29 is 14.6 Å². The minimum absolute atomic E-state index is 0.159. The van der Waals surface area contributed by atoms with Gasteiger partial charge in [-0.3, -0.25) is 5.32 Å². The van der Waals surface area contributed by atoms with Crippen LogP contribution in [0.1, 0.15) is 0 Å². The van der Waals surface area contributed by atoms with E-state index in [1.54, 1.807) is 0 Å². The highest BCUT2D eigenvalue weighted by molar-refractivity contribution is 5.66. The zero-order valence-corrected chi connectivity index (χ0v) is 4.96. The third-order valence-corrected chi connectivity index (χ3v) is 0.556. The van der Waals surface area contributed by atoms with Gasteiger partial charge in [0, 0.05) is 0 Å². The zero-order valence-electron chi connectivity index (χ0n) is 4.96. The van der Waals surface area contributed by atoms with E-state index in [4.69, 9.17) is 5.11 Å². The third-order valence-electron chi connectivity index (χ3n) is 0.556. The Morgan fingerprint density at radius 3 is 3.00 bits per heavy atom. The lowest BCUT2D eigenvalue weighted by Crippen LogP contribution is -2.24. The van der Waals surface area contributed by atoms with Gasteiger partial charge in [-0.1, -0.05) is 12.7 Å². The third kappa shape index (κ3) is 4.83. The second-order valence-electron chi connectivity index (χ2n) is 1.22. The first-order chi connectivity index (χ1) is 4.31. The summed E-state index contributed by atoms with van der Waals surface area (Å²) in [6.45, 7) is 3.08. The van der Waals surface area contributed by atoms with Crippen LogP contribution in [0.5, 0.6) is 0 Å². The Morgan fingerprint density at radius 2 is 2.56 bits per heavy atom. The lowest BCUT2D eigenvalue weighted by atomic mass is 10.7. The molecule has 9 heavy (non-hydrogen) atoms. The summed E-state index contributed by atoms with van der Waals surface area (Å²) >= 11 is 0. The molecule has 0 saturated carbocycles. The second kappa shape index (κ2) is 5.11. The summed E-state index contributed by atoms with van der Waals surface area (Å²) in [5, 5.41) is 10.1. The lowest BCUT2D eigenvalue weighted by Gasteiger charge is -1.99. The van der Waals surface area contributed by atoms with Crippen LogP contribution in [0.15, 0.2) is 12.7 Å². The topological polar surface area (TPSA) is 58.6 Å². The number of carbonyl (C=O) groups is 1. The molecule has 0 aromatic heterocycles. The van der Waals surface area contributed by atoms with Crippen molar-refractivity contribution in [2.45, 2.75) is 0 Å². The molecule has 0 aliphatic heterocycles. The van der Waals surface area contributed by atoms with E-state index in [9.17, 15) is 4.79 Å². The maximum atomic E-state index is 10.3. The van der Waals surface area contributed by atoms with Gasteiger partial charge in [0.1, 0.15) is 13.3 Å². The summed E-state index contributed by atoms with van der Waals surface area (Å²) in [4.78, 5) is 10.3. The average Bonchev–Trinajstić information content (AvgIpc) is 1.85. The maximum Gasteiger partial charge on any atom is 0.409 e. The predicted octanol–water partition coefficient (Wildman–Crippen LogP) is -0.152. The van der Waals surface area contributed by atoms with Gasteiger partial charge in [-0.05, 0) is 0 Å². The van der Waals surface area contributed by atoms with Crippen LogP contribution < -0.4 is 5.32 Å². The van der Waals surface area contributed by atoms with Crippen molar-refractivity contribution in [3.63, 3.8) is 0 Å². The molecule has 0 aliphatic rings. The monoisotopic (exact) mass is 131 g/mol.